The van der Waals surface area contributed by atoms with Crippen LogP contribution in [0.2, 0.25) is 0 Å². The van der Waals surface area contributed by atoms with Crippen molar-refractivity contribution < 1.29 is 8.78 Å². The van der Waals surface area contributed by atoms with Crippen LogP contribution in [0, 0.1) is 23.7 Å². The molecule has 0 nitrogen and oxygen atoms in total. The van der Waals surface area contributed by atoms with Gasteiger partial charge in [0.05, 0.1) is 0 Å². The van der Waals surface area contributed by atoms with E-state index in [2.05, 4.69) is 12.7 Å². The maximum Gasteiger partial charge on any atom is 0.137 e. The van der Waals surface area contributed by atoms with Crippen LogP contribution in [0.25, 0.3) is 0 Å². The molecule has 0 amide bonds. The molecule has 0 N–H and O–H groups in total. The normalized spacial score (nSPS) is 29.4. The molecule has 1 aliphatic rings. The van der Waals surface area contributed by atoms with Gasteiger partial charge in [0.25, 0.3) is 0 Å². The Labute approximate surface area is 117 Å². The Bertz CT molecular complexity index is 288. The van der Waals surface area contributed by atoms with Gasteiger partial charge >= 0.3 is 0 Å². The van der Waals surface area contributed by atoms with Crippen molar-refractivity contribution >= 4 is 0 Å². The van der Waals surface area contributed by atoms with Gasteiger partial charge in [-0.05, 0) is 43.4 Å². The summed E-state index contributed by atoms with van der Waals surface area (Å²) in [7, 11) is 0. The van der Waals surface area contributed by atoms with Crippen molar-refractivity contribution in [1.82, 2.24) is 0 Å². The second-order valence-corrected chi connectivity index (χ2v) is 6.29. The van der Waals surface area contributed by atoms with E-state index in [0.717, 1.165) is 12.8 Å². The Morgan fingerprint density at radius 3 is 1.95 bits per heavy atom. The molecule has 110 valence electrons. The molecular weight excluding hydrogens is 242 g/mol. The number of hydrogen-bond acceptors (Lipinski definition) is 0. The third-order valence-corrected chi connectivity index (χ3v) is 4.28. The Morgan fingerprint density at radius 2 is 1.47 bits per heavy atom. The summed E-state index contributed by atoms with van der Waals surface area (Å²) < 4.78 is 27.5. The van der Waals surface area contributed by atoms with Crippen molar-refractivity contribution in [3.8, 4) is 0 Å². The molecular formula is C17H28F2. The van der Waals surface area contributed by atoms with E-state index >= 15 is 0 Å². The van der Waals surface area contributed by atoms with Crippen LogP contribution in [0.4, 0.5) is 8.78 Å². The van der Waals surface area contributed by atoms with Crippen molar-refractivity contribution in [1.29, 1.82) is 0 Å². The lowest BCUT2D eigenvalue weighted by Crippen LogP contribution is -2.28. The van der Waals surface area contributed by atoms with Gasteiger partial charge in [0.15, 0.2) is 0 Å². The molecule has 0 aromatic carbocycles. The monoisotopic (exact) mass is 270 g/mol. The van der Waals surface area contributed by atoms with Gasteiger partial charge in [0, 0.05) is 5.92 Å². The minimum Gasteiger partial charge on any atom is -0.244 e. The van der Waals surface area contributed by atoms with E-state index in [9.17, 15) is 8.78 Å². The fourth-order valence-corrected chi connectivity index (χ4v) is 2.67. The zero-order valence-corrected chi connectivity index (χ0v) is 12.5. The Kier molecular flexibility index (Phi) is 6.74. The zero-order valence-electron chi connectivity index (χ0n) is 12.5. The van der Waals surface area contributed by atoms with Gasteiger partial charge in [-0.3, -0.25) is 0 Å². The standard InChI is InChI=1S/C17H28F2/c1-5-14-8-10-15(11-9-14)7-6-13(4)17(19)16(18)12(2)3/h5-7,12-17H,1,8-11H2,2-4H3. The molecule has 1 rings (SSSR count). The number of halogens is 2. The average molecular weight is 270 g/mol. The Balaban J connectivity index is 2.41. The van der Waals surface area contributed by atoms with E-state index in [1.807, 2.05) is 12.2 Å². The van der Waals surface area contributed by atoms with Crippen molar-refractivity contribution in [3.63, 3.8) is 0 Å². The van der Waals surface area contributed by atoms with Crippen LogP contribution in [0.5, 0.6) is 0 Å². The predicted octanol–water partition coefficient (Wildman–Crippen LogP) is 5.50. The minimum absolute atomic E-state index is 0.256. The molecule has 0 spiro atoms. The summed E-state index contributed by atoms with van der Waals surface area (Å²) in [5.74, 6) is 0.582. The number of allylic oxidation sites excluding steroid dienone is 3. The second-order valence-electron chi connectivity index (χ2n) is 6.29. The molecule has 0 aliphatic heterocycles. The SMILES string of the molecule is C=CC1CCC(C=CC(C)C(F)C(F)C(C)C)CC1. The van der Waals surface area contributed by atoms with E-state index in [1.54, 1.807) is 20.8 Å². The lowest BCUT2D eigenvalue weighted by atomic mass is 9.81. The maximum absolute atomic E-state index is 13.9. The van der Waals surface area contributed by atoms with Gasteiger partial charge < -0.3 is 0 Å². The largest absolute Gasteiger partial charge is 0.244 e. The number of alkyl halides is 2. The summed E-state index contributed by atoms with van der Waals surface area (Å²) in [4.78, 5) is 0. The van der Waals surface area contributed by atoms with Gasteiger partial charge in [-0.1, -0.05) is 39.0 Å². The van der Waals surface area contributed by atoms with Crippen LogP contribution in [-0.2, 0) is 0 Å². The van der Waals surface area contributed by atoms with Crippen molar-refractivity contribution in [2.75, 3.05) is 0 Å². The van der Waals surface area contributed by atoms with Crippen LogP contribution < -0.4 is 0 Å². The number of hydrogen-bond donors (Lipinski definition) is 0. The highest BCUT2D eigenvalue weighted by Gasteiger charge is 2.27. The van der Waals surface area contributed by atoms with Crippen molar-refractivity contribution in [2.24, 2.45) is 23.7 Å². The molecule has 3 atom stereocenters. The molecule has 1 saturated carbocycles. The van der Waals surface area contributed by atoms with Crippen LogP contribution >= 0.6 is 0 Å². The summed E-state index contributed by atoms with van der Waals surface area (Å²) in [5.41, 5.74) is 0. The fourth-order valence-electron chi connectivity index (χ4n) is 2.67. The lowest BCUT2D eigenvalue weighted by molar-refractivity contribution is 0.0987. The molecule has 0 heterocycles. The highest BCUT2D eigenvalue weighted by molar-refractivity contribution is 4.98. The highest BCUT2D eigenvalue weighted by atomic mass is 19.2. The molecule has 1 aliphatic carbocycles. The van der Waals surface area contributed by atoms with Crippen LogP contribution in [0.1, 0.15) is 46.5 Å². The summed E-state index contributed by atoms with van der Waals surface area (Å²) in [6.07, 6.45) is 7.88. The van der Waals surface area contributed by atoms with Crippen LogP contribution in [-0.4, -0.2) is 12.3 Å². The van der Waals surface area contributed by atoms with Crippen LogP contribution in [0.3, 0.4) is 0 Å². The first-order chi connectivity index (χ1) is 8.95. The van der Waals surface area contributed by atoms with E-state index in [0.29, 0.717) is 11.8 Å². The smallest absolute Gasteiger partial charge is 0.137 e. The van der Waals surface area contributed by atoms with Crippen molar-refractivity contribution in [3.05, 3.63) is 24.8 Å². The molecule has 0 aromatic rings. The molecule has 0 aromatic heterocycles. The van der Waals surface area contributed by atoms with Crippen LogP contribution in [0.15, 0.2) is 24.8 Å². The summed E-state index contributed by atoms with van der Waals surface area (Å²) in [6, 6.07) is 0. The van der Waals surface area contributed by atoms with Gasteiger partial charge in [-0.2, -0.15) is 0 Å². The summed E-state index contributed by atoms with van der Waals surface area (Å²) >= 11 is 0. The molecule has 0 radical (unpaired) electrons. The third kappa shape index (κ3) is 5.08. The summed E-state index contributed by atoms with van der Waals surface area (Å²) in [5, 5.41) is 0. The minimum atomic E-state index is -1.39. The lowest BCUT2D eigenvalue weighted by Gasteiger charge is -2.25. The molecule has 1 fully saturated rings. The van der Waals surface area contributed by atoms with Gasteiger partial charge in [0.2, 0.25) is 0 Å². The molecule has 3 unspecified atom stereocenters. The first kappa shape index (κ1) is 16.4. The fraction of sp³-hybridized carbons (Fsp3) is 0.765. The quantitative estimate of drug-likeness (QED) is 0.559. The van der Waals surface area contributed by atoms with E-state index in [4.69, 9.17) is 0 Å². The first-order valence-corrected chi connectivity index (χ1v) is 7.54. The first-order valence-electron chi connectivity index (χ1n) is 7.54. The average Bonchev–Trinajstić information content (AvgIpc) is 2.43. The van der Waals surface area contributed by atoms with Gasteiger partial charge in [0.1, 0.15) is 12.3 Å². The maximum atomic E-state index is 13.9. The van der Waals surface area contributed by atoms with Gasteiger partial charge in [-0.25, -0.2) is 8.78 Å². The van der Waals surface area contributed by atoms with E-state index in [-0.39, 0.29) is 11.8 Å². The van der Waals surface area contributed by atoms with Gasteiger partial charge in [-0.15, -0.1) is 6.58 Å². The molecule has 2 heteroatoms. The second kappa shape index (κ2) is 7.81. The molecule has 0 saturated heterocycles. The Hall–Kier alpha value is -0.660. The van der Waals surface area contributed by atoms with E-state index in [1.165, 1.54) is 12.8 Å². The van der Waals surface area contributed by atoms with Crippen molar-refractivity contribution in [2.45, 2.75) is 58.8 Å². The molecule has 19 heavy (non-hydrogen) atoms. The Morgan fingerprint density at radius 1 is 0.947 bits per heavy atom. The zero-order chi connectivity index (χ0) is 14.4. The molecule has 0 bridgehead atoms. The van der Waals surface area contributed by atoms with E-state index < -0.39 is 12.3 Å². The topological polar surface area (TPSA) is 0 Å². The highest BCUT2D eigenvalue weighted by Crippen LogP contribution is 2.31. The summed E-state index contributed by atoms with van der Waals surface area (Å²) in [6.45, 7) is 9.06. The predicted molar refractivity (Wildman–Crippen MR) is 78.6 cm³/mol. The number of rotatable bonds is 6. The third-order valence-electron chi connectivity index (χ3n) is 4.28.